The molecule has 3 fully saturated rings. The van der Waals surface area contributed by atoms with Crippen molar-refractivity contribution in [2.75, 3.05) is 39.6 Å². The molecule has 22 heteroatoms. The van der Waals surface area contributed by atoms with Crippen molar-refractivity contribution < 1.29 is 98.6 Å². The van der Waals surface area contributed by atoms with Gasteiger partial charge in [-0.1, -0.05) is 20.8 Å². The fraction of sp³-hybridized carbons (Fsp3) is 0.750. The van der Waals surface area contributed by atoms with Crippen molar-refractivity contribution >= 4 is 17.8 Å². The van der Waals surface area contributed by atoms with Crippen molar-refractivity contribution in [2.45, 2.75) is 132 Å². The van der Waals surface area contributed by atoms with Gasteiger partial charge in [-0.3, -0.25) is 9.59 Å². The fourth-order valence-electron chi connectivity index (χ4n) is 6.52. The van der Waals surface area contributed by atoms with Crippen LogP contribution in [0.1, 0.15) is 50.0 Å². The minimum absolute atomic E-state index is 0.0115. The number of carboxylic acids is 1. The highest BCUT2D eigenvalue weighted by atomic mass is 16.8. The van der Waals surface area contributed by atoms with Gasteiger partial charge in [-0.05, 0) is 35.6 Å². The van der Waals surface area contributed by atoms with Crippen molar-refractivity contribution in [1.29, 1.82) is 0 Å². The first-order chi connectivity index (χ1) is 27.3. The predicted octanol–water partition coefficient (Wildman–Crippen LogP) is -4.82. The molecule has 15 atom stereocenters. The number of carbonyl (C=O) groups is 3. The Balaban J connectivity index is 1.35. The van der Waals surface area contributed by atoms with E-state index < -0.39 is 136 Å². The predicted molar refractivity (Wildman–Crippen MR) is 192 cm³/mol. The molecule has 3 aliphatic rings. The van der Waals surface area contributed by atoms with Crippen LogP contribution in [0.3, 0.4) is 0 Å². The lowest BCUT2D eigenvalue weighted by molar-refractivity contribution is -0.376. The highest BCUT2D eigenvalue weighted by Crippen LogP contribution is 2.33. The number of hydrogen-bond donors (Lipinski definition) is 12. The first kappa shape index (κ1) is 47.5. The molecule has 1 aromatic rings. The molecular weight excluding hydrogens is 780 g/mol. The van der Waals surface area contributed by atoms with E-state index in [1.807, 2.05) is 20.8 Å². The molecule has 0 spiro atoms. The second-order valence-electron chi connectivity index (χ2n) is 15.2. The quantitative estimate of drug-likeness (QED) is 0.0655. The van der Waals surface area contributed by atoms with Gasteiger partial charge in [-0.15, -0.1) is 0 Å². The Hall–Kier alpha value is -3.17. The lowest BCUT2D eigenvalue weighted by atomic mass is 9.86. The summed E-state index contributed by atoms with van der Waals surface area (Å²) in [4.78, 5) is 36.3. The van der Waals surface area contributed by atoms with Gasteiger partial charge in [0.05, 0.1) is 32.0 Å². The number of rotatable bonds is 17. The van der Waals surface area contributed by atoms with Gasteiger partial charge in [0.1, 0.15) is 78.9 Å². The lowest BCUT2D eigenvalue weighted by Gasteiger charge is -2.48. The summed E-state index contributed by atoms with van der Waals surface area (Å²) in [5.41, 5.74) is 0.339. The van der Waals surface area contributed by atoms with E-state index in [-0.39, 0.29) is 36.3 Å². The Morgan fingerprint density at radius 3 is 1.90 bits per heavy atom. The summed E-state index contributed by atoms with van der Waals surface area (Å²) in [6.45, 7) is 4.01. The zero-order valence-corrected chi connectivity index (χ0v) is 32.4. The second-order valence-corrected chi connectivity index (χ2v) is 15.2. The van der Waals surface area contributed by atoms with Crippen LogP contribution >= 0.6 is 0 Å². The molecule has 0 unspecified atom stereocenters. The van der Waals surface area contributed by atoms with Gasteiger partial charge in [0.25, 0.3) is 5.91 Å². The van der Waals surface area contributed by atoms with E-state index >= 15 is 0 Å². The summed E-state index contributed by atoms with van der Waals surface area (Å²) in [6, 6.07) is 3.17. The fourth-order valence-corrected chi connectivity index (χ4v) is 6.52. The minimum Gasteiger partial charge on any atom is -0.484 e. The maximum atomic E-state index is 12.5. The van der Waals surface area contributed by atoms with E-state index in [1.54, 1.807) is 6.07 Å². The van der Waals surface area contributed by atoms with Crippen molar-refractivity contribution in [3.8, 4) is 5.75 Å². The van der Waals surface area contributed by atoms with Crippen LogP contribution in [0.15, 0.2) is 18.2 Å². The standard InChI is InChI=1S/C36H56N2O20/c1-15(42)38-23-26(46)30(57-35-29(49)31(25(45)20(12-40)55-35)58-34-28(48)27(47)24(44)19(11-39)54-34)21(13-41)56-33(23)52-7-5-6-37-22(43)14-53-18-9-16(32(50)51)8-17(10-18)36(2,3)4/h8-10,19-21,23-31,33-35,39-41,44-49H,5-7,11-14H2,1-4H3,(H,37,43)(H,38,42)(H,50,51)/t19-,20-,21-,23-,24+,25+,26-,27+,28-,29-,30-,31+,33-,34-,35+/m1/s1. The molecule has 0 aromatic heterocycles. The van der Waals surface area contributed by atoms with Gasteiger partial charge < -0.3 is 94.9 Å². The number of hydrogen-bond acceptors (Lipinski definition) is 19. The smallest absolute Gasteiger partial charge is 0.335 e. The van der Waals surface area contributed by atoms with Crippen LogP contribution in [0.5, 0.6) is 5.75 Å². The summed E-state index contributed by atoms with van der Waals surface area (Å²) in [5.74, 6) is -2.07. The Morgan fingerprint density at radius 2 is 1.31 bits per heavy atom. The van der Waals surface area contributed by atoms with Crippen LogP contribution in [-0.2, 0) is 43.4 Å². The largest absolute Gasteiger partial charge is 0.484 e. The van der Waals surface area contributed by atoms with Gasteiger partial charge in [0, 0.05) is 13.5 Å². The summed E-state index contributed by atoms with van der Waals surface area (Å²) < 4.78 is 39.5. The molecule has 2 amide bonds. The molecule has 0 bridgehead atoms. The van der Waals surface area contributed by atoms with Crippen LogP contribution in [0.25, 0.3) is 0 Å². The molecule has 330 valence electrons. The Labute approximate surface area is 333 Å². The van der Waals surface area contributed by atoms with E-state index in [4.69, 9.17) is 33.2 Å². The van der Waals surface area contributed by atoms with Crippen molar-refractivity contribution in [2.24, 2.45) is 0 Å². The van der Waals surface area contributed by atoms with E-state index in [0.717, 1.165) is 6.92 Å². The maximum absolute atomic E-state index is 12.5. The zero-order chi connectivity index (χ0) is 43.1. The number of carboxylic acid groups (broad SMARTS) is 1. The Morgan fingerprint density at radius 1 is 0.724 bits per heavy atom. The monoisotopic (exact) mass is 836 g/mol. The summed E-state index contributed by atoms with van der Waals surface area (Å²) in [7, 11) is 0. The molecule has 12 N–H and O–H groups in total. The van der Waals surface area contributed by atoms with Crippen molar-refractivity contribution in [3.63, 3.8) is 0 Å². The van der Waals surface area contributed by atoms with Crippen LogP contribution in [0.2, 0.25) is 0 Å². The average Bonchev–Trinajstić information content (AvgIpc) is 3.17. The number of aromatic carboxylic acids is 1. The Kier molecular flexibility index (Phi) is 17.1. The van der Waals surface area contributed by atoms with Gasteiger partial charge >= 0.3 is 5.97 Å². The molecule has 4 rings (SSSR count). The Bertz CT molecular complexity index is 1510. The van der Waals surface area contributed by atoms with Crippen LogP contribution in [-0.4, -0.2) is 200 Å². The number of aliphatic hydroxyl groups is 9. The number of aliphatic hydroxyl groups excluding tert-OH is 9. The molecule has 58 heavy (non-hydrogen) atoms. The number of carbonyl (C=O) groups excluding carboxylic acids is 2. The van der Waals surface area contributed by atoms with E-state index in [0.29, 0.717) is 5.56 Å². The number of ether oxygens (including phenoxy) is 7. The molecule has 22 nitrogen and oxygen atoms in total. The molecule has 3 saturated heterocycles. The molecule has 0 saturated carbocycles. The normalized spacial score (nSPS) is 35.6. The number of benzene rings is 1. The molecule has 1 aromatic carbocycles. The molecule has 3 aliphatic heterocycles. The van der Waals surface area contributed by atoms with E-state index in [2.05, 4.69) is 10.6 Å². The molecule has 0 aliphatic carbocycles. The van der Waals surface area contributed by atoms with Gasteiger partial charge in [-0.25, -0.2) is 4.79 Å². The number of nitrogens with one attached hydrogen (secondary N) is 2. The summed E-state index contributed by atoms with van der Waals surface area (Å²) in [5, 5.41) is 108. The number of amides is 2. The van der Waals surface area contributed by atoms with Crippen molar-refractivity contribution in [1.82, 2.24) is 10.6 Å². The summed E-state index contributed by atoms with van der Waals surface area (Å²) in [6.07, 6.45) is -23.4. The van der Waals surface area contributed by atoms with Gasteiger partial charge in [0.15, 0.2) is 25.5 Å². The third-order valence-electron chi connectivity index (χ3n) is 9.79. The molecule has 3 heterocycles. The van der Waals surface area contributed by atoms with Gasteiger partial charge in [0.2, 0.25) is 5.91 Å². The van der Waals surface area contributed by atoms with Gasteiger partial charge in [-0.2, -0.15) is 0 Å². The lowest BCUT2D eigenvalue weighted by Crippen LogP contribution is -2.68. The molecular formula is C36H56N2O20. The summed E-state index contributed by atoms with van der Waals surface area (Å²) >= 11 is 0. The van der Waals surface area contributed by atoms with E-state index in [9.17, 15) is 65.4 Å². The topological polar surface area (TPSA) is 342 Å². The third kappa shape index (κ3) is 11.8. The SMILES string of the molecule is CC(=O)N[C@H]1[C@H](OCCCNC(=O)COc2cc(C(=O)O)cc(C(C)(C)C)c2)O[C@H](CO)[C@@H](O[C@@H]2O[C@H](CO)[C@H](O)[C@H](O[C@H]3O[C@H](CO)[C@H](O)[C@H](O)[C@H]3O)[C@H]2O)[C@@H]1O. The van der Waals surface area contributed by atoms with Crippen molar-refractivity contribution in [3.05, 3.63) is 29.3 Å². The van der Waals surface area contributed by atoms with Crippen LogP contribution in [0, 0.1) is 0 Å². The maximum Gasteiger partial charge on any atom is 0.335 e. The highest BCUT2D eigenvalue weighted by Gasteiger charge is 2.54. The highest BCUT2D eigenvalue weighted by molar-refractivity contribution is 5.88. The van der Waals surface area contributed by atoms with Crippen LogP contribution < -0.4 is 15.4 Å². The zero-order valence-electron chi connectivity index (χ0n) is 32.4. The van der Waals surface area contributed by atoms with Crippen LogP contribution in [0.4, 0.5) is 0 Å². The first-order valence-corrected chi connectivity index (χ1v) is 18.7. The average molecular weight is 837 g/mol. The third-order valence-corrected chi connectivity index (χ3v) is 9.79. The van der Waals surface area contributed by atoms with E-state index in [1.165, 1.54) is 12.1 Å². The molecule has 0 radical (unpaired) electrons. The second kappa shape index (κ2) is 20.9. The first-order valence-electron chi connectivity index (χ1n) is 18.7. The minimum atomic E-state index is -1.97.